The van der Waals surface area contributed by atoms with Gasteiger partial charge in [0.15, 0.2) is 9.61 Å². The van der Waals surface area contributed by atoms with Crippen LogP contribution >= 0.6 is 27.3 Å². The molecule has 0 atom stereocenters. The van der Waals surface area contributed by atoms with Crippen molar-refractivity contribution in [3.8, 4) is 0 Å². The minimum absolute atomic E-state index is 0.385. The highest BCUT2D eigenvalue weighted by Crippen LogP contribution is 2.22. The maximum atomic E-state index is 10.9. The molecule has 0 aromatic carbocycles. The summed E-state index contributed by atoms with van der Waals surface area (Å²) in [5.74, 6) is -0.385. The van der Waals surface area contributed by atoms with Crippen molar-refractivity contribution in [2.75, 3.05) is 7.11 Å². The van der Waals surface area contributed by atoms with Gasteiger partial charge in [-0.15, -0.1) is 11.3 Å². The Morgan fingerprint density at radius 2 is 2.08 bits per heavy atom. The van der Waals surface area contributed by atoms with Gasteiger partial charge >= 0.3 is 5.97 Å². The number of hydrogen-bond acceptors (Lipinski definition) is 4. The van der Waals surface area contributed by atoms with Crippen LogP contribution in [-0.4, -0.2) is 18.1 Å². The van der Waals surface area contributed by atoms with Gasteiger partial charge in [0.25, 0.3) is 0 Å². The molecule has 0 N–H and O–H groups in total. The molecule has 0 aliphatic heterocycles. The summed E-state index contributed by atoms with van der Waals surface area (Å²) in [5, 5.41) is 0. The Morgan fingerprint density at radius 3 is 2.38 bits per heavy atom. The van der Waals surface area contributed by atoms with E-state index >= 15 is 0 Å². The number of rotatable bonds is 1. The van der Waals surface area contributed by atoms with Crippen molar-refractivity contribution in [2.24, 2.45) is 0 Å². The summed E-state index contributed by atoms with van der Waals surface area (Å²) >= 11 is 4.60. The second-order valence-electron chi connectivity index (χ2n) is 1.86. The molecule has 3 nitrogen and oxygen atoms in total. The number of nitrogens with zero attached hydrogens (tertiary/aromatic N) is 1. The number of carbonyl (C=O) groups excluding carboxylic acids is 1. The molecule has 1 heterocycles. The molecule has 0 unspecified atom stereocenters. The Morgan fingerprint density at radius 1 is 1.54 bits per heavy atom. The number of aryl methyl sites for hydroxylation is 1. The highest BCUT2D eigenvalue weighted by Gasteiger charge is 2.13. The maximum absolute atomic E-state index is 10.9. The Labute approximate surface area is 90.3 Å². The monoisotopic (exact) mass is 265 g/mol. The van der Waals surface area contributed by atoms with Crippen LogP contribution in [0.15, 0.2) is 3.92 Å². The van der Waals surface area contributed by atoms with E-state index in [0.29, 0.717) is 9.61 Å². The van der Waals surface area contributed by atoms with Gasteiger partial charge in [-0.3, -0.25) is 0 Å². The van der Waals surface area contributed by atoms with Crippen LogP contribution in [0.25, 0.3) is 0 Å². The molecule has 0 amide bonds. The molecule has 0 spiro atoms. The average Bonchev–Trinajstić information content (AvgIpc) is 2.47. The van der Waals surface area contributed by atoms with Gasteiger partial charge in [0, 0.05) is 4.88 Å². The lowest BCUT2D eigenvalue weighted by Gasteiger charge is -1.92. The van der Waals surface area contributed by atoms with Gasteiger partial charge in [0.2, 0.25) is 0 Å². The number of hydrogen-bond donors (Lipinski definition) is 0. The van der Waals surface area contributed by atoms with E-state index in [1.807, 2.05) is 20.8 Å². The number of halogens is 1. The zero-order valence-corrected chi connectivity index (χ0v) is 10.5. The molecular formula is C8H12BrNO2S. The first-order valence-corrected chi connectivity index (χ1v) is 5.47. The molecule has 0 saturated heterocycles. The average molecular weight is 266 g/mol. The first-order chi connectivity index (χ1) is 6.15. The minimum atomic E-state index is -0.385. The first-order valence-electron chi connectivity index (χ1n) is 3.86. The van der Waals surface area contributed by atoms with Crippen molar-refractivity contribution in [2.45, 2.75) is 20.8 Å². The summed E-state index contributed by atoms with van der Waals surface area (Å²) in [6.45, 7) is 5.83. The SMILES string of the molecule is CC.COC(=O)c1nc(Br)sc1C. The summed E-state index contributed by atoms with van der Waals surface area (Å²) in [5.41, 5.74) is 0.393. The fourth-order valence-corrected chi connectivity index (χ4v) is 2.17. The summed E-state index contributed by atoms with van der Waals surface area (Å²) in [7, 11) is 1.34. The zero-order valence-electron chi connectivity index (χ0n) is 8.05. The zero-order chi connectivity index (χ0) is 10.4. The van der Waals surface area contributed by atoms with E-state index in [0.717, 1.165) is 4.88 Å². The molecule has 5 heteroatoms. The number of ether oxygens (including phenoxy) is 1. The van der Waals surface area contributed by atoms with Gasteiger partial charge in [-0.2, -0.15) is 0 Å². The van der Waals surface area contributed by atoms with Crippen LogP contribution in [0.4, 0.5) is 0 Å². The summed E-state index contributed by atoms with van der Waals surface area (Å²) < 4.78 is 5.22. The highest BCUT2D eigenvalue weighted by molar-refractivity contribution is 9.11. The third-order valence-corrected chi connectivity index (χ3v) is 2.57. The predicted molar refractivity (Wildman–Crippen MR) is 57.2 cm³/mol. The van der Waals surface area contributed by atoms with Gasteiger partial charge in [-0.05, 0) is 22.9 Å². The van der Waals surface area contributed by atoms with Gasteiger partial charge in [-0.1, -0.05) is 13.8 Å². The van der Waals surface area contributed by atoms with Crippen LogP contribution in [0.3, 0.4) is 0 Å². The topological polar surface area (TPSA) is 39.2 Å². The van der Waals surface area contributed by atoms with Gasteiger partial charge in [0.1, 0.15) is 0 Å². The van der Waals surface area contributed by atoms with Crippen molar-refractivity contribution in [1.82, 2.24) is 4.98 Å². The Bertz CT molecular complexity index is 286. The second-order valence-corrected chi connectivity index (χ2v) is 4.34. The lowest BCUT2D eigenvalue weighted by atomic mass is 10.4. The van der Waals surface area contributed by atoms with Crippen LogP contribution < -0.4 is 0 Å². The quantitative estimate of drug-likeness (QED) is 0.733. The number of methoxy groups -OCH3 is 1. The molecule has 0 fully saturated rings. The van der Waals surface area contributed by atoms with Crippen LogP contribution in [0.1, 0.15) is 29.2 Å². The van der Waals surface area contributed by atoms with Crippen molar-refractivity contribution >= 4 is 33.2 Å². The normalized spacial score (nSPS) is 8.69. The van der Waals surface area contributed by atoms with Crippen molar-refractivity contribution in [3.05, 3.63) is 14.5 Å². The second kappa shape index (κ2) is 6.10. The fourth-order valence-electron chi connectivity index (χ4n) is 0.650. The highest BCUT2D eigenvalue weighted by atomic mass is 79.9. The van der Waals surface area contributed by atoms with Crippen LogP contribution in [0.2, 0.25) is 0 Å². The largest absolute Gasteiger partial charge is 0.464 e. The fraction of sp³-hybridized carbons (Fsp3) is 0.500. The minimum Gasteiger partial charge on any atom is -0.464 e. The third-order valence-electron chi connectivity index (χ3n) is 1.15. The van der Waals surface area contributed by atoms with E-state index < -0.39 is 0 Å². The molecule has 1 rings (SSSR count). The van der Waals surface area contributed by atoms with E-state index in [2.05, 4.69) is 25.7 Å². The molecule has 1 aromatic rings. The number of thiazole rings is 1. The molecule has 74 valence electrons. The van der Waals surface area contributed by atoms with Crippen molar-refractivity contribution in [3.63, 3.8) is 0 Å². The van der Waals surface area contributed by atoms with E-state index in [1.165, 1.54) is 18.4 Å². The van der Waals surface area contributed by atoms with Crippen LogP contribution in [-0.2, 0) is 4.74 Å². The molecule has 0 saturated carbocycles. The summed E-state index contributed by atoms with van der Waals surface area (Å²) in [4.78, 5) is 15.8. The van der Waals surface area contributed by atoms with E-state index in [9.17, 15) is 4.79 Å². The molecule has 0 aliphatic carbocycles. The van der Waals surface area contributed by atoms with Crippen LogP contribution in [0.5, 0.6) is 0 Å². The molecule has 0 bridgehead atoms. The predicted octanol–water partition coefficient (Wildman–Crippen LogP) is 3.03. The Balaban J connectivity index is 0.000000671. The molecular weight excluding hydrogens is 254 g/mol. The van der Waals surface area contributed by atoms with Crippen molar-refractivity contribution < 1.29 is 9.53 Å². The molecule has 0 aliphatic rings. The van der Waals surface area contributed by atoms with Gasteiger partial charge < -0.3 is 4.74 Å². The Kier molecular flexibility index (Phi) is 5.90. The van der Waals surface area contributed by atoms with Crippen molar-refractivity contribution in [1.29, 1.82) is 0 Å². The van der Waals surface area contributed by atoms with Crippen LogP contribution in [0, 0.1) is 6.92 Å². The van der Waals surface area contributed by atoms with E-state index in [4.69, 9.17) is 0 Å². The molecule has 0 radical (unpaired) electrons. The van der Waals surface area contributed by atoms with Gasteiger partial charge in [0.05, 0.1) is 7.11 Å². The lowest BCUT2D eigenvalue weighted by Crippen LogP contribution is -2.02. The summed E-state index contributed by atoms with van der Waals surface area (Å²) in [6.07, 6.45) is 0. The maximum Gasteiger partial charge on any atom is 0.357 e. The number of carbonyl (C=O) groups is 1. The third kappa shape index (κ3) is 3.44. The lowest BCUT2D eigenvalue weighted by molar-refractivity contribution is 0.0594. The Hall–Kier alpha value is -0.420. The standard InChI is InChI=1S/C6H6BrNO2S.C2H6/c1-3-4(5(9)10-2)8-6(7)11-3;1-2/h1-2H3;1-2H3. The molecule has 13 heavy (non-hydrogen) atoms. The summed E-state index contributed by atoms with van der Waals surface area (Å²) in [6, 6.07) is 0. The smallest absolute Gasteiger partial charge is 0.357 e. The molecule has 1 aromatic heterocycles. The van der Waals surface area contributed by atoms with E-state index in [1.54, 1.807) is 0 Å². The number of esters is 1. The number of aromatic nitrogens is 1. The van der Waals surface area contributed by atoms with Gasteiger partial charge in [-0.25, -0.2) is 9.78 Å². The van der Waals surface area contributed by atoms with E-state index in [-0.39, 0.29) is 5.97 Å². The first kappa shape index (κ1) is 12.6.